The minimum atomic E-state index is -0.412. The quantitative estimate of drug-likeness (QED) is 0.744. The monoisotopic (exact) mass is 358 g/mol. The zero-order chi connectivity index (χ0) is 18.4. The van der Waals surface area contributed by atoms with Gasteiger partial charge in [-0.05, 0) is 6.92 Å². The van der Waals surface area contributed by atoms with Crippen LogP contribution in [0.2, 0.25) is 0 Å². The Morgan fingerprint density at radius 3 is 2.60 bits per heavy atom. The summed E-state index contributed by atoms with van der Waals surface area (Å²) in [7, 11) is 0. The minimum absolute atomic E-state index is 0.226. The van der Waals surface area contributed by atoms with E-state index in [4.69, 9.17) is 10.5 Å². The van der Waals surface area contributed by atoms with Crippen molar-refractivity contribution in [3.8, 4) is 6.07 Å². The molecule has 0 aliphatic rings. The Balaban J connectivity index is 2.29. The molecule has 4 N–H and O–H groups in total. The number of nitrogens with two attached hydrogens (primary N) is 2. The van der Waals surface area contributed by atoms with E-state index in [1.165, 1.54) is 5.56 Å². The molecule has 0 bridgehead atoms. The van der Waals surface area contributed by atoms with E-state index in [0.717, 1.165) is 11.3 Å². The number of hydrogen-bond acceptors (Lipinski definition) is 5. The Morgan fingerprint density at radius 1 is 1.36 bits per heavy atom. The molecule has 0 spiro atoms. The van der Waals surface area contributed by atoms with Crippen LogP contribution in [0.4, 0.5) is 5.00 Å². The van der Waals surface area contributed by atoms with E-state index in [0.29, 0.717) is 40.1 Å². The largest absolute Gasteiger partial charge is 0.462 e. The number of thiophene rings is 1. The molecule has 1 aromatic carbocycles. The third-order valence-corrected chi connectivity index (χ3v) is 5.13. The number of ether oxygens (including phenoxy) is 1. The minimum Gasteiger partial charge on any atom is -0.462 e. The SMILES string of the molecule is CCOC(=O)c1sc(N)c(C#N)c1C[NH2+][C@@H](c1ccccc1)C(C)C. The first-order chi connectivity index (χ1) is 12.0. The van der Waals surface area contributed by atoms with Crippen molar-refractivity contribution in [3.05, 3.63) is 51.9 Å². The van der Waals surface area contributed by atoms with Gasteiger partial charge < -0.3 is 15.8 Å². The molecule has 2 rings (SSSR count). The Bertz CT molecular complexity index is 763. The zero-order valence-corrected chi connectivity index (χ0v) is 15.6. The average Bonchev–Trinajstić information content (AvgIpc) is 2.91. The number of carbonyl (C=O) groups excluding carboxylic acids is 1. The molecule has 0 saturated heterocycles. The van der Waals surface area contributed by atoms with Gasteiger partial charge in [0.15, 0.2) is 0 Å². The highest BCUT2D eigenvalue weighted by Crippen LogP contribution is 2.31. The molecule has 0 saturated carbocycles. The van der Waals surface area contributed by atoms with Gasteiger partial charge in [-0.25, -0.2) is 4.79 Å². The summed E-state index contributed by atoms with van der Waals surface area (Å²) < 4.78 is 5.11. The second-order valence-electron chi connectivity index (χ2n) is 6.10. The maximum atomic E-state index is 12.2. The van der Waals surface area contributed by atoms with Crippen molar-refractivity contribution >= 4 is 22.3 Å². The Hall–Kier alpha value is -2.36. The van der Waals surface area contributed by atoms with Crippen molar-refractivity contribution in [2.45, 2.75) is 33.4 Å². The van der Waals surface area contributed by atoms with Crippen molar-refractivity contribution in [1.82, 2.24) is 0 Å². The smallest absolute Gasteiger partial charge is 0.348 e. The highest BCUT2D eigenvalue weighted by Gasteiger charge is 2.26. The van der Waals surface area contributed by atoms with Crippen LogP contribution in [-0.4, -0.2) is 12.6 Å². The lowest BCUT2D eigenvalue weighted by molar-refractivity contribution is -0.717. The normalized spacial score (nSPS) is 12.0. The summed E-state index contributed by atoms with van der Waals surface area (Å²) in [6.07, 6.45) is 0. The number of nitrogens with zero attached hydrogens (tertiary/aromatic N) is 1. The third kappa shape index (κ3) is 4.38. The summed E-state index contributed by atoms with van der Waals surface area (Å²) in [5.74, 6) is -0.0140. The molecule has 6 heteroatoms. The lowest BCUT2D eigenvalue weighted by Crippen LogP contribution is -2.84. The molecule has 1 heterocycles. The highest BCUT2D eigenvalue weighted by molar-refractivity contribution is 7.18. The van der Waals surface area contributed by atoms with Crippen LogP contribution in [0.3, 0.4) is 0 Å². The van der Waals surface area contributed by atoms with Crippen LogP contribution in [0.25, 0.3) is 0 Å². The summed E-state index contributed by atoms with van der Waals surface area (Å²) in [6, 6.07) is 12.6. The van der Waals surface area contributed by atoms with Gasteiger partial charge in [0.1, 0.15) is 28.5 Å². The second-order valence-corrected chi connectivity index (χ2v) is 7.15. The first-order valence-electron chi connectivity index (χ1n) is 8.36. The number of anilines is 1. The molecule has 1 aromatic heterocycles. The molecule has 0 aliphatic carbocycles. The van der Waals surface area contributed by atoms with E-state index in [1.54, 1.807) is 6.92 Å². The Morgan fingerprint density at radius 2 is 2.04 bits per heavy atom. The number of benzene rings is 1. The number of carbonyl (C=O) groups is 1. The predicted molar refractivity (Wildman–Crippen MR) is 99.1 cm³/mol. The van der Waals surface area contributed by atoms with E-state index >= 15 is 0 Å². The highest BCUT2D eigenvalue weighted by atomic mass is 32.1. The van der Waals surface area contributed by atoms with Gasteiger partial charge in [0, 0.05) is 11.5 Å². The number of quaternary nitrogens is 1. The van der Waals surface area contributed by atoms with Crippen molar-refractivity contribution in [2.75, 3.05) is 12.3 Å². The summed E-state index contributed by atoms with van der Waals surface area (Å²) >= 11 is 1.13. The topological polar surface area (TPSA) is 92.7 Å². The van der Waals surface area contributed by atoms with Gasteiger partial charge in [0.25, 0.3) is 0 Å². The number of rotatable bonds is 7. The zero-order valence-electron chi connectivity index (χ0n) is 14.8. The standard InChI is InChI=1S/C19H23N3O2S/c1-4-24-19(23)17-15(14(10-20)18(21)25-17)11-22-16(12(2)3)13-8-6-5-7-9-13/h5-9,12,16,22H,4,11,21H2,1-3H3/p+1/t16-/m1/s1. The molecular formula is C19H24N3O2S+. The van der Waals surface area contributed by atoms with Crippen LogP contribution in [0.5, 0.6) is 0 Å². The summed E-state index contributed by atoms with van der Waals surface area (Å²) in [5.41, 5.74) is 8.22. The van der Waals surface area contributed by atoms with Gasteiger partial charge in [0.05, 0.1) is 17.7 Å². The van der Waals surface area contributed by atoms with Crippen LogP contribution in [-0.2, 0) is 11.3 Å². The Labute approximate surface area is 152 Å². The van der Waals surface area contributed by atoms with Gasteiger partial charge in [-0.1, -0.05) is 44.2 Å². The van der Waals surface area contributed by atoms with E-state index in [9.17, 15) is 10.1 Å². The molecule has 132 valence electrons. The van der Waals surface area contributed by atoms with Gasteiger partial charge in [0.2, 0.25) is 0 Å². The van der Waals surface area contributed by atoms with Gasteiger partial charge in [-0.3, -0.25) is 0 Å². The lowest BCUT2D eigenvalue weighted by Gasteiger charge is -2.20. The molecular weight excluding hydrogens is 334 g/mol. The molecule has 0 amide bonds. The molecule has 2 aromatic rings. The Kier molecular flexibility index (Phi) is 6.57. The molecule has 0 radical (unpaired) electrons. The second kappa shape index (κ2) is 8.65. The van der Waals surface area contributed by atoms with Crippen molar-refractivity contribution < 1.29 is 14.8 Å². The molecule has 0 aliphatic heterocycles. The van der Waals surface area contributed by atoms with E-state index in [-0.39, 0.29) is 6.04 Å². The lowest BCUT2D eigenvalue weighted by atomic mass is 9.95. The van der Waals surface area contributed by atoms with Gasteiger partial charge in [-0.15, -0.1) is 11.3 Å². The van der Waals surface area contributed by atoms with Gasteiger partial charge >= 0.3 is 5.97 Å². The fraction of sp³-hybridized carbons (Fsp3) is 0.368. The fourth-order valence-electron chi connectivity index (χ4n) is 2.88. The maximum absolute atomic E-state index is 12.2. The van der Waals surface area contributed by atoms with E-state index < -0.39 is 5.97 Å². The summed E-state index contributed by atoms with van der Waals surface area (Å²) in [6.45, 7) is 6.88. The van der Waals surface area contributed by atoms with Crippen molar-refractivity contribution in [3.63, 3.8) is 0 Å². The van der Waals surface area contributed by atoms with Crippen molar-refractivity contribution in [1.29, 1.82) is 5.26 Å². The van der Waals surface area contributed by atoms with Gasteiger partial charge in [-0.2, -0.15) is 5.26 Å². The van der Waals surface area contributed by atoms with Crippen LogP contribution in [0, 0.1) is 17.2 Å². The first-order valence-corrected chi connectivity index (χ1v) is 9.17. The van der Waals surface area contributed by atoms with Crippen LogP contribution >= 0.6 is 11.3 Å². The van der Waals surface area contributed by atoms with Crippen LogP contribution in [0.15, 0.2) is 30.3 Å². The number of nitrogen functional groups attached to an aromatic ring is 1. The number of nitriles is 1. The predicted octanol–water partition coefficient (Wildman–Crippen LogP) is 2.84. The first kappa shape index (κ1) is 19.0. The number of esters is 1. The van der Waals surface area contributed by atoms with Crippen LogP contribution < -0.4 is 11.1 Å². The third-order valence-electron chi connectivity index (χ3n) is 4.09. The molecule has 0 unspecified atom stereocenters. The summed E-state index contributed by atoms with van der Waals surface area (Å²) in [4.78, 5) is 12.6. The fourth-order valence-corrected chi connectivity index (χ4v) is 3.82. The molecule has 25 heavy (non-hydrogen) atoms. The molecule has 5 nitrogen and oxygen atoms in total. The van der Waals surface area contributed by atoms with E-state index in [1.807, 2.05) is 18.2 Å². The molecule has 0 fully saturated rings. The maximum Gasteiger partial charge on any atom is 0.348 e. The summed E-state index contributed by atoms with van der Waals surface area (Å²) in [5, 5.41) is 12.0. The van der Waals surface area contributed by atoms with E-state index in [2.05, 4.69) is 37.4 Å². The van der Waals surface area contributed by atoms with Crippen molar-refractivity contribution in [2.24, 2.45) is 5.92 Å². The van der Waals surface area contributed by atoms with Crippen LogP contribution in [0.1, 0.15) is 53.2 Å². The average molecular weight is 358 g/mol. The molecule has 1 atom stereocenters. The number of hydrogen-bond donors (Lipinski definition) is 2.